The maximum absolute atomic E-state index is 14.4. The predicted molar refractivity (Wildman–Crippen MR) is 129 cm³/mol. The molecule has 1 fully saturated rings. The molecule has 0 radical (unpaired) electrons. The van der Waals surface area contributed by atoms with E-state index in [1.807, 2.05) is 24.3 Å². The van der Waals surface area contributed by atoms with Crippen LogP contribution < -0.4 is 9.64 Å². The van der Waals surface area contributed by atoms with E-state index in [4.69, 9.17) is 4.74 Å². The minimum absolute atomic E-state index is 0.153. The zero-order valence-electron chi connectivity index (χ0n) is 19.3. The molecule has 0 aliphatic carbocycles. The van der Waals surface area contributed by atoms with Crippen molar-refractivity contribution in [3.8, 4) is 16.9 Å². The first kappa shape index (κ1) is 24.5. The molecule has 0 amide bonds. The zero-order valence-corrected chi connectivity index (χ0v) is 19.3. The predicted octanol–water partition coefficient (Wildman–Crippen LogP) is 5.75. The second-order valence-corrected chi connectivity index (χ2v) is 8.50. The highest BCUT2D eigenvalue weighted by Gasteiger charge is 2.32. The van der Waals surface area contributed by atoms with Gasteiger partial charge in [0, 0.05) is 40.8 Å². The average Bonchev–Trinajstić information content (AvgIpc) is 3.31. The number of aromatic amines is 1. The van der Waals surface area contributed by atoms with Crippen LogP contribution in [0.15, 0.2) is 60.7 Å². The van der Waals surface area contributed by atoms with E-state index in [-0.39, 0.29) is 11.1 Å². The van der Waals surface area contributed by atoms with Gasteiger partial charge in [-0.15, -0.1) is 13.2 Å². The fourth-order valence-electron chi connectivity index (χ4n) is 4.37. The van der Waals surface area contributed by atoms with Gasteiger partial charge in [-0.25, -0.2) is 4.39 Å². The number of rotatable bonds is 6. The zero-order chi connectivity index (χ0) is 26.2. The maximum Gasteiger partial charge on any atom is 0.573 e. The smallest absolute Gasteiger partial charge is 0.403 e. The molecule has 1 N–H and O–H groups in total. The number of carbonyl (C=O) groups excluding carboxylic acids is 2. The SMILES string of the molecule is O=Cc1cc2cc(-c3ccc(N4CCOCC4)cc3)c(C(=O)c3ccc(OC(F)(F)F)c(F)c3)cc2[nH]1. The van der Waals surface area contributed by atoms with E-state index < -0.39 is 23.7 Å². The molecule has 0 unspecified atom stereocenters. The number of H-pyrrole nitrogens is 1. The fourth-order valence-corrected chi connectivity index (χ4v) is 4.37. The fraction of sp³-hybridized carbons (Fsp3) is 0.185. The Labute approximate surface area is 208 Å². The third kappa shape index (κ3) is 5.19. The number of aldehydes is 1. The van der Waals surface area contributed by atoms with Gasteiger partial charge in [0.15, 0.2) is 23.6 Å². The van der Waals surface area contributed by atoms with Gasteiger partial charge < -0.3 is 19.4 Å². The molecular weight excluding hydrogens is 492 g/mol. The monoisotopic (exact) mass is 512 g/mol. The molecule has 1 aliphatic heterocycles. The maximum atomic E-state index is 14.4. The molecule has 10 heteroatoms. The standard InChI is InChI=1S/C27H20F4N2O4/c28-23-13-17(3-6-25(23)37-27(29,30)31)26(35)22-14-24-18(11-19(15-34)32-24)12-21(22)16-1-4-20(5-2-16)33-7-9-36-10-8-33/h1-6,11-15,32H,7-10H2. The Bertz CT molecular complexity index is 1470. The molecule has 3 aromatic carbocycles. The summed E-state index contributed by atoms with van der Waals surface area (Å²) in [6.07, 6.45) is -4.42. The van der Waals surface area contributed by atoms with Gasteiger partial charge in [-0.05, 0) is 59.7 Å². The lowest BCUT2D eigenvalue weighted by atomic mass is 9.92. The first-order chi connectivity index (χ1) is 17.7. The van der Waals surface area contributed by atoms with Gasteiger partial charge in [-0.1, -0.05) is 12.1 Å². The topological polar surface area (TPSA) is 71.6 Å². The average molecular weight is 512 g/mol. The van der Waals surface area contributed by atoms with Gasteiger partial charge in [0.25, 0.3) is 0 Å². The second-order valence-electron chi connectivity index (χ2n) is 8.50. The van der Waals surface area contributed by atoms with Crippen molar-refractivity contribution in [3.05, 3.63) is 83.3 Å². The van der Waals surface area contributed by atoms with Crippen LogP contribution in [-0.2, 0) is 4.74 Å². The summed E-state index contributed by atoms with van der Waals surface area (Å²) in [5.41, 5.74) is 3.08. The highest BCUT2D eigenvalue weighted by atomic mass is 19.4. The van der Waals surface area contributed by atoms with E-state index in [9.17, 15) is 27.2 Å². The quantitative estimate of drug-likeness (QED) is 0.202. The summed E-state index contributed by atoms with van der Waals surface area (Å²) in [6.45, 7) is 2.78. The van der Waals surface area contributed by atoms with Crippen LogP contribution in [0.25, 0.3) is 22.0 Å². The molecule has 1 saturated heterocycles. The van der Waals surface area contributed by atoms with Gasteiger partial charge in [-0.2, -0.15) is 0 Å². The summed E-state index contributed by atoms with van der Waals surface area (Å²) in [5.74, 6) is -2.95. The van der Waals surface area contributed by atoms with Crippen molar-refractivity contribution < 1.29 is 36.6 Å². The number of hydrogen-bond donors (Lipinski definition) is 1. The molecular formula is C27H20F4N2O4. The number of nitrogens with one attached hydrogen (secondary N) is 1. The third-order valence-electron chi connectivity index (χ3n) is 6.13. The van der Waals surface area contributed by atoms with E-state index in [0.717, 1.165) is 30.9 Å². The Morgan fingerprint density at radius 1 is 1.00 bits per heavy atom. The second kappa shape index (κ2) is 9.70. The van der Waals surface area contributed by atoms with E-state index in [0.29, 0.717) is 53.3 Å². The van der Waals surface area contributed by atoms with Crippen LogP contribution in [0.3, 0.4) is 0 Å². The van der Waals surface area contributed by atoms with Crippen LogP contribution in [0.1, 0.15) is 26.4 Å². The Morgan fingerprint density at radius 3 is 2.38 bits per heavy atom. The summed E-state index contributed by atoms with van der Waals surface area (Å²) in [4.78, 5) is 29.9. The van der Waals surface area contributed by atoms with Crippen molar-refractivity contribution in [3.63, 3.8) is 0 Å². The number of ether oxygens (including phenoxy) is 2. The number of halogens is 4. The van der Waals surface area contributed by atoms with Crippen molar-refractivity contribution in [2.45, 2.75) is 6.36 Å². The number of anilines is 1. The molecule has 4 aromatic rings. The molecule has 0 atom stereocenters. The van der Waals surface area contributed by atoms with Crippen LogP contribution >= 0.6 is 0 Å². The van der Waals surface area contributed by atoms with E-state index in [2.05, 4.69) is 14.6 Å². The minimum Gasteiger partial charge on any atom is -0.403 e. The Balaban J connectivity index is 1.56. The highest BCUT2D eigenvalue weighted by molar-refractivity contribution is 6.15. The molecule has 6 nitrogen and oxygen atoms in total. The Morgan fingerprint density at radius 2 is 1.73 bits per heavy atom. The Hall–Kier alpha value is -4.18. The number of hydrogen-bond acceptors (Lipinski definition) is 5. The number of alkyl halides is 3. The van der Waals surface area contributed by atoms with Crippen molar-refractivity contribution >= 4 is 28.7 Å². The van der Waals surface area contributed by atoms with Crippen molar-refractivity contribution in [2.75, 3.05) is 31.2 Å². The normalized spacial score (nSPS) is 14.1. The van der Waals surface area contributed by atoms with Gasteiger partial charge in [0.2, 0.25) is 0 Å². The van der Waals surface area contributed by atoms with Gasteiger partial charge in [0.1, 0.15) is 0 Å². The summed E-state index contributed by atoms with van der Waals surface area (Å²) >= 11 is 0. The summed E-state index contributed by atoms with van der Waals surface area (Å²) in [6, 6.07) is 15.1. The van der Waals surface area contributed by atoms with Gasteiger partial charge in [0.05, 0.1) is 18.9 Å². The third-order valence-corrected chi connectivity index (χ3v) is 6.13. The number of nitrogens with zero attached hydrogens (tertiary/aromatic N) is 1. The molecule has 1 aliphatic rings. The molecule has 2 heterocycles. The lowest BCUT2D eigenvalue weighted by Gasteiger charge is -2.29. The Kier molecular flexibility index (Phi) is 6.43. The number of aromatic nitrogens is 1. The van der Waals surface area contributed by atoms with E-state index >= 15 is 0 Å². The van der Waals surface area contributed by atoms with Gasteiger partial charge >= 0.3 is 6.36 Å². The lowest BCUT2D eigenvalue weighted by Crippen LogP contribution is -2.36. The summed E-state index contributed by atoms with van der Waals surface area (Å²) < 4.78 is 61.0. The minimum atomic E-state index is -5.07. The number of morpholine rings is 1. The molecule has 37 heavy (non-hydrogen) atoms. The largest absolute Gasteiger partial charge is 0.573 e. The van der Waals surface area contributed by atoms with E-state index in [1.165, 1.54) is 0 Å². The summed E-state index contributed by atoms with van der Waals surface area (Å²) in [5, 5.41) is 0.686. The molecule has 0 saturated carbocycles. The number of ketones is 1. The van der Waals surface area contributed by atoms with E-state index in [1.54, 1.807) is 18.2 Å². The first-order valence-electron chi connectivity index (χ1n) is 11.4. The van der Waals surface area contributed by atoms with Crippen LogP contribution in [0.5, 0.6) is 5.75 Å². The molecule has 1 aromatic heterocycles. The highest BCUT2D eigenvalue weighted by Crippen LogP contribution is 2.33. The summed E-state index contributed by atoms with van der Waals surface area (Å²) in [7, 11) is 0. The first-order valence-corrected chi connectivity index (χ1v) is 11.4. The van der Waals surface area contributed by atoms with Crippen LogP contribution in [-0.4, -0.2) is 49.7 Å². The van der Waals surface area contributed by atoms with Crippen molar-refractivity contribution in [1.29, 1.82) is 0 Å². The van der Waals surface area contributed by atoms with Crippen molar-refractivity contribution in [1.82, 2.24) is 4.98 Å². The van der Waals surface area contributed by atoms with Crippen LogP contribution in [0.2, 0.25) is 0 Å². The number of carbonyl (C=O) groups is 2. The lowest BCUT2D eigenvalue weighted by molar-refractivity contribution is -0.275. The number of benzene rings is 3. The van der Waals surface area contributed by atoms with Crippen molar-refractivity contribution in [2.24, 2.45) is 0 Å². The van der Waals surface area contributed by atoms with Crippen LogP contribution in [0.4, 0.5) is 23.2 Å². The molecule has 0 bridgehead atoms. The molecule has 0 spiro atoms. The van der Waals surface area contributed by atoms with Crippen LogP contribution in [0, 0.1) is 5.82 Å². The molecule has 190 valence electrons. The van der Waals surface area contributed by atoms with Gasteiger partial charge in [-0.3, -0.25) is 9.59 Å². The number of fused-ring (bicyclic) bond motifs is 1. The molecule has 5 rings (SSSR count).